The van der Waals surface area contributed by atoms with Gasteiger partial charge in [0, 0.05) is 0 Å². The van der Waals surface area contributed by atoms with Crippen molar-refractivity contribution in [2.45, 2.75) is 20.0 Å². The summed E-state index contributed by atoms with van der Waals surface area (Å²) in [7, 11) is 0. The van der Waals surface area contributed by atoms with Crippen LogP contribution < -0.4 is 14.9 Å². The molecule has 0 heterocycles. The van der Waals surface area contributed by atoms with Crippen molar-refractivity contribution in [3.63, 3.8) is 0 Å². The summed E-state index contributed by atoms with van der Waals surface area (Å²) in [6.45, 7) is 2.70. The van der Waals surface area contributed by atoms with Gasteiger partial charge in [-0.25, -0.2) is 5.43 Å². The van der Waals surface area contributed by atoms with Gasteiger partial charge in [-0.2, -0.15) is 5.10 Å². The van der Waals surface area contributed by atoms with Crippen LogP contribution in [0.25, 0.3) is 0 Å². The summed E-state index contributed by atoms with van der Waals surface area (Å²) in [5.74, 6) is 1.04. The topological polar surface area (TPSA) is 59.9 Å². The van der Waals surface area contributed by atoms with Crippen LogP contribution in [0.1, 0.15) is 23.6 Å². The zero-order valence-corrected chi connectivity index (χ0v) is 20.9. The van der Waals surface area contributed by atoms with E-state index in [2.05, 4.69) is 33.1 Å². The number of rotatable bonds is 9. The number of halogens is 3. The van der Waals surface area contributed by atoms with Gasteiger partial charge in [0.15, 0.2) is 11.5 Å². The minimum absolute atomic E-state index is 0.186. The Morgan fingerprint density at radius 3 is 2.53 bits per heavy atom. The third kappa shape index (κ3) is 7.12. The molecule has 8 heteroatoms. The van der Waals surface area contributed by atoms with E-state index in [1.165, 1.54) is 0 Å². The number of hydrogen-bond acceptors (Lipinski definition) is 4. The Bertz CT molecular complexity index is 1110. The number of ether oxygens (including phenoxy) is 2. The van der Waals surface area contributed by atoms with Crippen LogP contribution >= 0.6 is 45.8 Å². The summed E-state index contributed by atoms with van der Waals surface area (Å²) < 4.78 is 12.6. The predicted octanol–water partition coefficient (Wildman–Crippen LogP) is 6.27. The van der Waals surface area contributed by atoms with E-state index in [-0.39, 0.29) is 12.3 Å². The van der Waals surface area contributed by atoms with E-state index >= 15 is 0 Å². The van der Waals surface area contributed by atoms with E-state index < -0.39 is 0 Å². The number of benzene rings is 3. The average molecular weight is 583 g/mol. The van der Waals surface area contributed by atoms with Gasteiger partial charge in [0.05, 0.1) is 32.9 Å². The van der Waals surface area contributed by atoms with Gasteiger partial charge in [-0.05, 0) is 70.5 Å². The molecule has 5 nitrogen and oxygen atoms in total. The molecule has 0 aliphatic carbocycles. The first-order chi connectivity index (χ1) is 15.5. The predicted molar refractivity (Wildman–Crippen MR) is 137 cm³/mol. The van der Waals surface area contributed by atoms with Crippen LogP contribution in [-0.4, -0.2) is 18.7 Å². The summed E-state index contributed by atoms with van der Waals surface area (Å²) in [5.41, 5.74) is 5.15. The molecule has 3 aromatic carbocycles. The number of hydrazone groups is 1. The fourth-order valence-electron chi connectivity index (χ4n) is 2.85. The van der Waals surface area contributed by atoms with E-state index in [1.54, 1.807) is 18.3 Å². The van der Waals surface area contributed by atoms with Crippen molar-refractivity contribution in [2.24, 2.45) is 5.10 Å². The zero-order valence-electron chi connectivity index (χ0n) is 17.3. The van der Waals surface area contributed by atoms with Crippen LogP contribution in [0.2, 0.25) is 10.0 Å². The lowest BCUT2D eigenvalue weighted by Gasteiger charge is -2.15. The fraction of sp³-hybridized carbons (Fsp3) is 0.167. The summed E-state index contributed by atoms with van der Waals surface area (Å²) in [6.07, 6.45) is 1.84. The third-order valence-electron chi connectivity index (χ3n) is 4.31. The van der Waals surface area contributed by atoms with Gasteiger partial charge in [0.25, 0.3) is 0 Å². The van der Waals surface area contributed by atoms with Crippen molar-refractivity contribution in [2.75, 3.05) is 6.61 Å². The van der Waals surface area contributed by atoms with Crippen molar-refractivity contribution in [1.82, 2.24) is 5.43 Å². The number of amides is 1. The Labute approximate surface area is 210 Å². The Balaban J connectivity index is 1.67. The second kappa shape index (κ2) is 12.1. The summed E-state index contributed by atoms with van der Waals surface area (Å²) >= 11 is 14.2. The first-order valence-electron chi connectivity index (χ1n) is 9.85. The van der Waals surface area contributed by atoms with Crippen LogP contribution in [0.5, 0.6) is 11.5 Å². The lowest BCUT2D eigenvalue weighted by atomic mass is 10.1. The van der Waals surface area contributed by atoms with Gasteiger partial charge in [-0.3, -0.25) is 4.79 Å². The first-order valence-corrected chi connectivity index (χ1v) is 11.7. The Hall–Kier alpha value is -2.29. The van der Waals surface area contributed by atoms with Crippen LogP contribution in [0.4, 0.5) is 0 Å². The van der Waals surface area contributed by atoms with Crippen LogP contribution in [0.15, 0.2) is 65.8 Å². The van der Waals surface area contributed by atoms with Crippen molar-refractivity contribution >= 4 is 57.9 Å². The highest BCUT2D eigenvalue weighted by Gasteiger charge is 2.13. The monoisotopic (exact) mass is 582 g/mol. The highest BCUT2D eigenvalue weighted by Crippen LogP contribution is 2.35. The number of nitrogens with zero attached hydrogens (tertiary/aromatic N) is 1. The zero-order chi connectivity index (χ0) is 22.9. The maximum absolute atomic E-state index is 12.1. The maximum atomic E-state index is 12.1. The van der Waals surface area contributed by atoms with E-state index in [0.717, 1.165) is 20.3 Å². The van der Waals surface area contributed by atoms with Crippen molar-refractivity contribution in [1.29, 1.82) is 0 Å². The second-order valence-corrected chi connectivity index (χ2v) is 8.73. The molecule has 0 aliphatic rings. The van der Waals surface area contributed by atoms with Crippen molar-refractivity contribution in [3.05, 3.63) is 91.0 Å². The van der Waals surface area contributed by atoms with E-state index in [0.29, 0.717) is 34.8 Å². The highest BCUT2D eigenvalue weighted by atomic mass is 127. The Morgan fingerprint density at radius 2 is 1.81 bits per heavy atom. The molecule has 0 fully saturated rings. The number of nitrogens with one attached hydrogen (secondary N) is 1. The molecule has 3 rings (SSSR count). The molecule has 0 bridgehead atoms. The quantitative estimate of drug-likeness (QED) is 0.184. The molecule has 0 saturated carbocycles. The van der Waals surface area contributed by atoms with E-state index in [4.69, 9.17) is 32.7 Å². The maximum Gasteiger partial charge on any atom is 0.244 e. The van der Waals surface area contributed by atoms with Gasteiger partial charge < -0.3 is 9.47 Å². The lowest BCUT2D eigenvalue weighted by molar-refractivity contribution is -0.120. The molecule has 0 unspecified atom stereocenters. The minimum atomic E-state index is -0.186. The first kappa shape index (κ1) is 24.4. The Morgan fingerprint density at radius 1 is 1.03 bits per heavy atom. The molecule has 0 atom stereocenters. The minimum Gasteiger partial charge on any atom is -0.490 e. The van der Waals surface area contributed by atoms with Crippen LogP contribution in [0.3, 0.4) is 0 Å². The van der Waals surface area contributed by atoms with E-state index in [1.807, 2.05) is 55.5 Å². The number of hydrogen-bond donors (Lipinski definition) is 1. The lowest BCUT2D eigenvalue weighted by Crippen LogP contribution is -2.19. The average Bonchev–Trinajstić information content (AvgIpc) is 2.76. The summed E-state index contributed by atoms with van der Waals surface area (Å²) in [4.78, 5) is 12.1. The number of carbonyl (C=O) groups is 1. The van der Waals surface area contributed by atoms with Gasteiger partial charge in [0.2, 0.25) is 5.91 Å². The Kier molecular flexibility index (Phi) is 9.20. The fourth-order valence-corrected chi connectivity index (χ4v) is 3.95. The van der Waals surface area contributed by atoms with E-state index in [9.17, 15) is 4.79 Å². The summed E-state index contributed by atoms with van der Waals surface area (Å²) in [5, 5.41) is 5.05. The van der Waals surface area contributed by atoms with Crippen LogP contribution in [0, 0.1) is 3.57 Å². The second-order valence-electron chi connectivity index (χ2n) is 6.76. The molecule has 1 N–H and O–H groups in total. The largest absolute Gasteiger partial charge is 0.490 e. The molecule has 0 radical (unpaired) electrons. The smallest absolute Gasteiger partial charge is 0.244 e. The van der Waals surface area contributed by atoms with Crippen molar-refractivity contribution < 1.29 is 14.3 Å². The number of carbonyl (C=O) groups excluding carboxylic acids is 1. The van der Waals surface area contributed by atoms with Gasteiger partial charge in [-0.1, -0.05) is 59.6 Å². The molecular formula is C24H21Cl2IN2O3. The molecule has 0 spiro atoms. The molecule has 0 aromatic heterocycles. The molecule has 0 saturated heterocycles. The molecule has 32 heavy (non-hydrogen) atoms. The molecule has 0 aliphatic heterocycles. The highest BCUT2D eigenvalue weighted by molar-refractivity contribution is 14.1. The van der Waals surface area contributed by atoms with Crippen LogP contribution in [-0.2, 0) is 17.8 Å². The summed E-state index contributed by atoms with van der Waals surface area (Å²) in [6, 6.07) is 18.6. The van der Waals surface area contributed by atoms with Gasteiger partial charge >= 0.3 is 0 Å². The van der Waals surface area contributed by atoms with Gasteiger partial charge in [-0.15, -0.1) is 0 Å². The molecule has 166 valence electrons. The normalized spacial score (nSPS) is 10.9. The van der Waals surface area contributed by atoms with Gasteiger partial charge in [0.1, 0.15) is 6.61 Å². The van der Waals surface area contributed by atoms with Crippen molar-refractivity contribution in [3.8, 4) is 11.5 Å². The third-order valence-corrected chi connectivity index (χ3v) is 5.85. The molecular weight excluding hydrogens is 562 g/mol. The molecule has 1 amide bonds. The SMILES string of the molecule is CCOc1cc(/C=N/NC(=O)Cc2ccccc2)cc(I)c1OCc1ccc(Cl)c(Cl)c1. The standard InChI is InChI=1S/C24H21Cl2IN2O3/c1-2-31-22-12-18(14-28-29-23(30)13-16-6-4-3-5-7-16)11-21(27)24(22)32-15-17-8-9-19(25)20(26)10-17/h3-12,14H,2,13,15H2,1H3,(H,29,30)/b28-14+. The molecule has 3 aromatic rings.